The van der Waals surface area contributed by atoms with Gasteiger partial charge in [-0.15, -0.1) is 11.3 Å². The molecule has 29 heavy (non-hydrogen) atoms. The number of thiophene rings is 1. The highest BCUT2D eigenvalue weighted by molar-refractivity contribution is 7.18. The number of hydrogen-bond acceptors (Lipinski definition) is 4. The normalized spacial score (nSPS) is 13.2. The van der Waals surface area contributed by atoms with Crippen LogP contribution in [0.15, 0.2) is 36.4 Å². The molecule has 156 valence electrons. The monoisotopic (exact) mass is 445 g/mol. The molecule has 0 bridgehead atoms. The molecule has 1 aromatic carbocycles. The summed E-state index contributed by atoms with van der Waals surface area (Å²) in [6.45, 7) is -0.0222. The third-order valence-corrected chi connectivity index (χ3v) is 5.56. The van der Waals surface area contributed by atoms with Gasteiger partial charge in [-0.3, -0.25) is 4.79 Å². The third kappa shape index (κ3) is 5.89. The van der Waals surface area contributed by atoms with Gasteiger partial charge in [0.25, 0.3) is 5.91 Å². The summed E-state index contributed by atoms with van der Waals surface area (Å²) in [5.41, 5.74) is 6.32. The van der Waals surface area contributed by atoms with Crippen LogP contribution in [-0.4, -0.2) is 31.8 Å². The molecule has 0 aliphatic carbocycles. The van der Waals surface area contributed by atoms with Crippen molar-refractivity contribution in [2.45, 2.75) is 18.6 Å². The number of alkyl halides is 3. The fraction of sp³-hybridized carbons (Fsp3) is 0.263. The van der Waals surface area contributed by atoms with E-state index in [4.69, 9.17) is 22.7 Å². The lowest BCUT2D eigenvalue weighted by molar-refractivity contribution is -0.530. The molecule has 1 heterocycles. The van der Waals surface area contributed by atoms with E-state index in [2.05, 4.69) is 5.32 Å². The average molecular weight is 446 g/mol. The molecule has 6 N–H and O–H groups in total. The fourth-order valence-corrected chi connectivity index (χ4v) is 4.02. The second-order valence-electron chi connectivity index (χ2n) is 6.14. The van der Waals surface area contributed by atoms with E-state index in [1.165, 1.54) is 18.2 Å². The minimum atomic E-state index is -4.48. The number of halogens is 4. The number of benzene rings is 1. The molecule has 5 nitrogen and oxygen atoms in total. The van der Waals surface area contributed by atoms with Gasteiger partial charge in [-0.25, -0.2) is 0 Å². The van der Waals surface area contributed by atoms with E-state index < -0.39 is 23.7 Å². The number of quaternary nitrogens is 1. The molecule has 2 rings (SSSR count). The van der Waals surface area contributed by atoms with Gasteiger partial charge < -0.3 is 21.8 Å². The highest BCUT2D eigenvalue weighted by Crippen LogP contribution is 2.33. The van der Waals surface area contributed by atoms with Crippen molar-refractivity contribution >= 4 is 40.8 Å². The second-order valence-corrected chi connectivity index (χ2v) is 7.79. The van der Waals surface area contributed by atoms with Gasteiger partial charge in [-0.1, -0.05) is 29.8 Å². The smallest absolute Gasteiger partial charge is 0.347 e. The molecule has 0 spiro atoms. The van der Waals surface area contributed by atoms with Gasteiger partial charge in [-0.05, 0) is 24.1 Å². The molecular formula is C19H21ClF3N4OS+. The maximum absolute atomic E-state index is 13.2. The van der Waals surface area contributed by atoms with E-state index in [9.17, 15) is 18.0 Å². The van der Waals surface area contributed by atoms with Crippen LogP contribution in [-0.2, 0) is 12.6 Å². The molecule has 2 aromatic rings. The molecular weight excluding hydrogens is 425 g/mol. The van der Waals surface area contributed by atoms with Crippen molar-refractivity contribution in [3.63, 3.8) is 0 Å². The van der Waals surface area contributed by atoms with Gasteiger partial charge in [0.15, 0.2) is 0 Å². The number of nitrogens with one attached hydrogen (secondary N) is 2. The predicted molar refractivity (Wildman–Crippen MR) is 109 cm³/mol. The fourth-order valence-electron chi connectivity index (χ4n) is 2.80. The van der Waals surface area contributed by atoms with Crippen molar-refractivity contribution in [1.29, 1.82) is 5.41 Å². The van der Waals surface area contributed by atoms with E-state index in [1.807, 2.05) is 0 Å². The number of hydrogen-bond donors (Lipinski definition) is 4. The Bertz CT molecular complexity index is 911. The number of amides is 1. The maximum Gasteiger partial charge on any atom is 0.416 e. The lowest BCUT2D eigenvalue weighted by Crippen LogP contribution is -2.76. The number of nitrogens with two attached hydrogens (primary N) is 2. The minimum Gasteiger partial charge on any atom is -0.347 e. The molecule has 10 heteroatoms. The highest BCUT2D eigenvalue weighted by atomic mass is 35.5. The minimum absolute atomic E-state index is 0.0222. The van der Waals surface area contributed by atoms with Crippen LogP contribution >= 0.6 is 22.9 Å². The molecule has 1 unspecified atom stereocenters. The zero-order valence-electron chi connectivity index (χ0n) is 15.5. The van der Waals surface area contributed by atoms with Crippen LogP contribution < -0.4 is 16.4 Å². The van der Waals surface area contributed by atoms with Crippen LogP contribution in [0.1, 0.15) is 26.4 Å². The SMILES string of the molecule is C[NH2+]/C(=C\C=N)c1cc(C(=O)NC(CN)Cc2ccccc2C(F)(F)F)sc1Cl. The Labute approximate surface area is 175 Å². The molecule has 1 aromatic heterocycles. The highest BCUT2D eigenvalue weighted by Gasteiger charge is 2.33. The topological polar surface area (TPSA) is 95.6 Å². The van der Waals surface area contributed by atoms with Crippen LogP contribution in [0.5, 0.6) is 0 Å². The lowest BCUT2D eigenvalue weighted by atomic mass is 9.99. The number of rotatable bonds is 8. The summed E-state index contributed by atoms with van der Waals surface area (Å²) in [5.74, 6) is -0.464. The van der Waals surface area contributed by atoms with Crippen LogP contribution in [0.2, 0.25) is 4.34 Å². The summed E-state index contributed by atoms with van der Waals surface area (Å²) in [4.78, 5) is 12.9. The summed E-state index contributed by atoms with van der Waals surface area (Å²) in [7, 11) is 1.78. The zero-order chi connectivity index (χ0) is 21.6. The Balaban J connectivity index is 2.20. The molecule has 0 aliphatic heterocycles. The maximum atomic E-state index is 13.2. The van der Waals surface area contributed by atoms with Gasteiger partial charge in [0.1, 0.15) is 10.0 Å². The van der Waals surface area contributed by atoms with Crippen molar-refractivity contribution in [2.24, 2.45) is 5.73 Å². The number of carbonyl (C=O) groups is 1. The number of allylic oxidation sites excluding steroid dienone is 1. The standard InChI is InChI=1S/C19H20ClF3N4OS/c1-26-15(6-7-24)13-9-16(29-17(13)20)18(28)27-12(10-25)8-11-4-2-3-5-14(11)19(21,22)23/h2-7,9,12,24,26H,8,10,25H2,1H3,(H,27,28)/p+1/b15-6-,24-7?. The van der Waals surface area contributed by atoms with Crippen molar-refractivity contribution in [2.75, 3.05) is 13.6 Å². The Morgan fingerprint density at radius 3 is 2.69 bits per heavy atom. The van der Waals surface area contributed by atoms with E-state index in [-0.39, 0.29) is 18.5 Å². The summed E-state index contributed by atoms with van der Waals surface area (Å²) >= 11 is 7.28. The van der Waals surface area contributed by atoms with E-state index in [0.29, 0.717) is 20.5 Å². The third-order valence-electron chi connectivity index (χ3n) is 4.20. The first kappa shape index (κ1) is 23.1. The van der Waals surface area contributed by atoms with Crippen molar-refractivity contribution in [3.8, 4) is 0 Å². The van der Waals surface area contributed by atoms with Gasteiger partial charge in [0.05, 0.1) is 23.1 Å². The zero-order valence-corrected chi connectivity index (χ0v) is 17.1. The van der Waals surface area contributed by atoms with E-state index in [1.54, 1.807) is 24.5 Å². The van der Waals surface area contributed by atoms with Gasteiger partial charge in [0, 0.05) is 24.9 Å². The van der Waals surface area contributed by atoms with E-state index in [0.717, 1.165) is 23.6 Å². The van der Waals surface area contributed by atoms with Crippen LogP contribution in [0.4, 0.5) is 13.2 Å². The largest absolute Gasteiger partial charge is 0.416 e. The van der Waals surface area contributed by atoms with E-state index >= 15 is 0 Å². The first-order valence-electron chi connectivity index (χ1n) is 8.67. The molecule has 0 aliphatic rings. The van der Waals surface area contributed by atoms with Crippen LogP contribution in [0.25, 0.3) is 5.70 Å². The average Bonchev–Trinajstić information content (AvgIpc) is 3.06. The Morgan fingerprint density at radius 1 is 1.41 bits per heavy atom. The Morgan fingerprint density at radius 2 is 2.10 bits per heavy atom. The quantitative estimate of drug-likeness (QED) is 0.470. The van der Waals surface area contributed by atoms with Gasteiger partial charge >= 0.3 is 6.18 Å². The molecule has 0 saturated carbocycles. The summed E-state index contributed by atoms with van der Waals surface area (Å²) in [5, 5.41) is 11.6. The summed E-state index contributed by atoms with van der Waals surface area (Å²) in [6.07, 6.45) is -1.87. The van der Waals surface area contributed by atoms with Gasteiger partial charge in [0.2, 0.25) is 0 Å². The molecule has 0 fully saturated rings. The Kier molecular flexibility index (Phi) is 7.97. The van der Waals surface area contributed by atoms with Gasteiger partial charge in [-0.2, -0.15) is 13.2 Å². The molecule has 0 saturated heterocycles. The summed E-state index contributed by atoms with van der Waals surface area (Å²) in [6, 6.07) is 6.14. The summed E-state index contributed by atoms with van der Waals surface area (Å²) < 4.78 is 40.0. The van der Waals surface area contributed by atoms with Crippen molar-refractivity contribution in [3.05, 3.63) is 62.3 Å². The predicted octanol–water partition coefficient (Wildman–Crippen LogP) is 2.90. The Hall–Kier alpha value is -2.20. The molecule has 1 amide bonds. The molecule has 0 radical (unpaired) electrons. The van der Waals surface area contributed by atoms with Crippen LogP contribution in [0, 0.1) is 5.41 Å². The van der Waals surface area contributed by atoms with Crippen LogP contribution in [0.3, 0.4) is 0 Å². The first-order chi connectivity index (χ1) is 13.7. The second kappa shape index (κ2) is 10.0. The number of carbonyl (C=O) groups excluding carboxylic acids is 1. The first-order valence-corrected chi connectivity index (χ1v) is 9.86. The molecule has 1 atom stereocenters. The lowest BCUT2D eigenvalue weighted by Gasteiger charge is -2.19. The van der Waals surface area contributed by atoms with Crippen molar-refractivity contribution in [1.82, 2.24) is 5.32 Å². The van der Waals surface area contributed by atoms with Crippen molar-refractivity contribution < 1.29 is 23.3 Å².